The number of halogens is 1. The Morgan fingerprint density at radius 3 is 2.56 bits per heavy atom. The predicted octanol–water partition coefficient (Wildman–Crippen LogP) is 3.25. The molecule has 0 unspecified atom stereocenters. The maximum absolute atomic E-state index is 7.34. The number of methoxy groups -OCH3 is 2. The molecule has 2 rings (SSSR count). The lowest BCUT2D eigenvalue weighted by Gasteiger charge is -2.23. The molecule has 4 atom stereocenters. The number of nitrogens with zero attached hydrogens (tertiary/aromatic N) is 4. The molecule has 0 aromatic carbocycles. The van der Waals surface area contributed by atoms with E-state index in [1.54, 1.807) is 20.3 Å². The highest BCUT2D eigenvalue weighted by atomic mass is 35.5. The number of ether oxygens (including phenoxy) is 2. The Hall–Kier alpha value is -1.78. The van der Waals surface area contributed by atoms with Gasteiger partial charge < -0.3 is 25.4 Å². The molecule has 148 valence electrons. The highest BCUT2D eigenvalue weighted by Crippen LogP contribution is 2.33. The van der Waals surface area contributed by atoms with Crippen molar-refractivity contribution in [3.05, 3.63) is 16.6 Å². The zero-order chi connectivity index (χ0) is 20.4. The summed E-state index contributed by atoms with van der Waals surface area (Å²) < 4.78 is 11.0. The fourth-order valence-corrected chi connectivity index (χ4v) is 3.72. The molecule has 3 N–H and O–H groups in total. The summed E-state index contributed by atoms with van der Waals surface area (Å²) in [5, 5.41) is 11.4. The Morgan fingerprint density at radius 2 is 2.04 bits per heavy atom. The standard InChI is InChI=1S/C15H22ClN5O2S.C2H3N/c1-5-6-24-15-20-13(16)10(17)14(21-15)19-9-7-8(18-2)11(22-3)12(9)23-4;1-2-3/h8-9,11-12H,5-7,17H2,1,3-4H3,(H,19,20,21);1H3/t8-,9+,11+,12-;/m0./s1. The maximum Gasteiger partial charge on any atom is 0.254 e. The maximum atomic E-state index is 7.34. The number of anilines is 2. The molecule has 0 saturated heterocycles. The first kappa shape index (κ1) is 23.3. The van der Waals surface area contributed by atoms with E-state index in [1.807, 2.05) is 0 Å². The van der Waals surface area contributed by atoms with Crippen molar-refractivity contribution in [2.75, 3.05) is 31.0 Å². The monoisotopic (exact) mass is 412 g/mol. The third-order valence-electron chi connectivity index (χ3n) is 3.94. The summed E-state index contributed by atoms with van der Waals surface area (Å²) in [5.74, 6) is 1.37. The molecule has 0 aliphatic heterocycles. The molecule has 27 heavy (non-hydrogen) atoms. The molecular formula is C17H25ClN6O2S. The van der Waals surface area contributed by atoms with Gasteiger partial charge in [-0.05, 0) is 6.42 Å². The van der Waals surface area contributed by atoms with Crippen LogP contribution >= 0.6 is 23.4 Å². The topological polar surface area (TPSA) is 110 Å². The molecule has 0 bridgehead atoms. The molecule has 1 heterocycles. The lowest BCUT2D eigenvalue weighted by Crippen LogP contribution is -2.38. The first-order valence-electron chi connectivity index (χ1n) is 8.42. The van der Waals surface area contributed by atoms with Gasteiger partial charge in [-0.15, -0.1) is 0 Å². The van der Waals surface area contributed by atoms with Crippen LogP contribution < -0.4 is 11.1 Å². The van der Waals surface area contributed by atoms with Gasteiger partial charge in [0, 0.05) is 33.3 Å². The molecule has 10 heteroatoms. The van der Waals surface area contributed by atoms with Crippen LogP contribution in [0.1, 0.15) is 26.7 Å². The van der Waals surface area contributed by atoms with Crippen molar-refractivity contribution in [3.8, 4) is 6.07 Å². The summed E-state index contributed by atoms with van der Waals surface area (Å²) >= 11 is 7.66. The molecule has 1 saturated carbocycles. The first-order chi connectivity index (χ1) is 13.0. The van der Waals surface area contributed by atoms with Gasteiger partial charge in [0.2, 0.25) is 0 Å². The number of nitrogens with one attached hydrogen (secondary N) is 1. The minimum absolute atomic E-state index is 0.142. The third-order valence-corrected chi connectivity index (χ3v) is 5.28. The number of aromatic nitrogens is 2. The largest absolute Gasteiger partial charge is 0.393 e. The third kappa shape index (κ3) is 6.12. The van der Waals surface area contributed by atoms with Crippen LogP contribution in [-0.4, -0.2) is 54.2 Å². The van der Waals surface area contributed by atoms with Crippen molar-refractivity contribution in [1.29, 1.82) is 5.26 Å². The van der Waals surface area contributed by atoms with Gasteiger partial charge in [-0.3, -0.25) is 0 Å². The van der Waals surface area contributed by atoms with E-state index >= 15 is 0 Å². The molecule has 0 radical (unpaired) electrons. The molecule has 0 spiro atoms. The minimum Gasteiger partial charge on any atom is -0.393 e. The van der Waals surface area contributed by atoms with Crippen LogP contribution in [0.15, 0.2) is 5.16 Å². The normalized spacial score (nSPS) is 23.7. The van der Waals surface area contributed by atoms with E-state index in [0.717, 1.165) is 12.2 Å². The fraction of sp³-hybridized carbons (Fsp3) is 0.647. The van der Waals surface area contributed by atoms with Crippen LogP contribution in [0.25, 0.3) is 4.85 Å². The van der Waals surface area contributed by atoms with Crippen molar-refractivity contribution >= 4 is 34.9 Å². The van der Waals surface area contributed by atoms with Gasteiger partial charge in [-0.25, -0.2) is 16.5 Å². The minimum atomic E-state index is -0.294. The number of hydrogen-bond donors (Lipinski definition) is 2. The van der Waals surface area contributed by atoms with E-state index in [2.05, 4.69) is 27.1 Å². The van der Waals surface area contributed by atoms with E-state index in [9.17, 15) is 0 Å². The van der Waals surface area contributed by atoms with Gasteiger partial charge >= 0.3 is 0 Å². The molecule has 1 aliphatic rings. The van der Waals surface area contributed by atoms with Crippen LogP contribution in [-0.2, 0) is 9.47 Å². The lowest BCUT2D eigenvalue weighted by atomic mass is 10.2. The summed E-state index contributed by atoms with van der Waals surface area (Å²) in [6, 6.07) is 1.33. The second-order valence-electron chi connectivity index (χ2n) is 5.71. The Balaban J connectivity index is 0.00000114. The molecular weight excluding hydrogens is 388 g/mol. The van der Waals surface area contributed by atoms with Crippen LogP contribution in [0.5, 0.6) is 0 Å². The summed E-state index contributed by atoms with van der Waals surface area (Å²) in [7, 11) is 3.20. The molecule has 8 nitrogen and oxygen atoms in total. The molecule has 1 fully saturated rings. The van der Waals surface area contributed by atoms with Crippen LogP contribution in [0.2, 0.25) is 5.15 Å². The first-order valence-corrected chi connectivity index (χ1v) is 9.78. The van der Waals surface area contributed by atoms with Gasteiger partial charge in [-0.1, -0.05) is 30.3 Å². The molecule has 0 amide bonds. The zero-order valence-electron chi connectivity index (χ0n) is 15.9. The highest BCUT2D eigenvalue weighted by Gasteiger charge is 2.48. The number of nitriles is 1. The average molecular weight is 413 g/mol. The molecule has 1 aromatic heterocycles. The van der Waals surface area contributed by atoms with E-state index in [-0.39, 0.29) is 29.4 Å². The van der Waals surface area contributed by atoms with Crippen LogP contribution in [0.4, 0.5) is 11.5 Å². The second kappa shape index (κ2) is 11.8. The van der Waals surface area contributed by atoms with E-state index < -0.39 is 0 Å². The summed E-state index contributed by atoms with van der Waals surface area (Å²) in [5.41, 5.74) is 6.32. The summed E-state index contributed by atoms with van der Waals surface area (Å²) in [6.07, 6.45) is 1.03. The SMILES string of the molecule is CC#N.[C-]#[N+][C@H]1C[C@@H](Nc2nc(SCCC)nc(Cl)c2N)[C@H](OC)[C@@H]1OC. The van der Waals surface area contributed by atoms with Crippen LogP contribution in [0.3, 0.4) is 0 Å². The van der Waals surface area contributed by atoms with Crippen molar-refractivity contribution in [1.82, 2.24) is 9.97 Å². The summed E-state index contributed by atoms with van der Waals surface area (Å²) in [4.78, 5) is 12.3. The van der Waals surface area contributed by atoms with E-state index in [4.69, 9.17) is 38.6 Å². The Kier molecular flexibility index (Phi) is 10.2. The second-order valence-corrected chi connectivity index (χ2v) is 7.14. The highest BCUT2D eigenvalue weighted by molar-refractivity contribution is 7.99. The number of hydrogen-bond acceptors (Lipinski definition) is 8. The Bertz CT molecular complexity index is 693. The molecule has 1 aromatic rings. The van der Waals surface area contributed by atoms with Crippen molar-refractivity contribution in [2.24, 2.45) is 0 Å². The fourth-order valence-electron chi connectivity index (χ4n) is 2.80. The van der Waals surface area contributed by atoms with E-state index in [1.165, 1.54) is 18.7 Å². The average Bonchev–Trinajstić information content (AvgIpc) is 3.00. The number of nitrogen functional groups attached to an aromatic ring is 1. The Labute approximate surface area is 169 Å². The van der Waals surface area contributed by atoms with Crippen molar-refractivity contribution < 1.29 is 9.47 Å². The predicted molar refractivity (Wildman–Crippen MR) is 108 cm³/mol. The van der Waals surface area contributed by atoms with Gasteiger partial charge in [0.1, 0.15) is 11.8 Å². The van der Waals surface area contributed by atoms with Gasteiger partial charge in [0.25, 0.3) is 6.04 Å². The van der Waals surface area contributed by atoms with E-state index in [0.29, 0.717) is 23.1 Å². The number of nitrogens with two attached hydrogens (primary N) is 1. The summed E-state index contributed by atoms with van der Waals surface area (Å²) in [6.45, 7) is 10.9. The lowest BCUT2D eigenvalue weighted by molar-refractivity contribution is -0.0212. The zero-order valence-corrected chi connectivity index (χ0v) is 17.5. The van der Waals surface area contributed by atoms with Gasteiger partial charge in [-0.2, -0.15) is 5.26 Å². The number of rotatable bonds is 7. The molecule has 1 aliphatic carbocycles. The quantitative estimate of drug-likeness (QED) is 0.304. The van der Waals surface area contributed by atoms with Crippen molar-refractivity contribution in [3.63, 3.8) is 0 Å². The van der Waals surface area contributed by atoms with Gasteiger partial charge in [0.15, 0.2) is 22.2 Å². The van der Waals surface area contributed by atoms with Crippen molar-refractivity contribution in [2.45, 2.75) is 56.1 Å². The number of thioether (sulfide) groups is 1. The van der Waals surface area contributed by atoms with Gasteiger partial charge in [0.05, 0.1) is 12.1 Å². The van der Waals surface area contributed by atoms with Crippen LogP contribution in [0, 0.1) is 17.9 Å². The Morgan fingerprint density at radius 1 is 1.41 bits per heavy atom. The smallest absolute Gasteiger partial charge is 0.254 e.